The predicted molar refractivity (Wildman–Crippen MR) is 107 cm³/mol. The van der Waals surface area contributed by atoms with Gasteiger partial charge in [0.1, 0.15) is 5.04 Å². The smallest absolute Gasteiger partial charge is 0.282 e. The number of thioether (sulfide) groups is 1. The van der Waals surface area contributed by atoms with Crippen molar-refractivity contribution in [2.45, 2.75) is 6.92 Å². The molecular weight excluding hydrogens is 368 g/mol. The Hall–Kier alpha value is -2.70. The van der Waals surface area contributed by atoms with Crippen LogP contribution < -0.4 is 0 Å². The summed E-state index contributed by atoms with van der Waals surface area (Å²) in [5.74, 6) is -0.429. The normalized spacial score (nSPS) is 18.1. The number of aliphatic imine (C=N–C) groups is 1. The van der Waals surface area contributed by atoms with Crippen LogP contribution in [0.4, 0.5) is 0 Å². The van der Waals surface area contributed by atoms with E-state index in [-0.39, 0.29) is 11.4 Å². The van der Waals surface area contributed by atoms with E-state index in [1.807, 2.05) is 49.4 Å². The number of nitrogens with one attached hydrogen (secondary N) is 1. The van der Waals surface area contributed by atoms with Gasteiger partial charge in [0.05, 0.1) is 10.6 Å². The van der Waals surface area contributed by atoms with Crippen molar-refractivity contribution in [3.63, 3.8) is 0 Å². The molecule has 7 heteroatoms. The average molecular weight is 381 g/mol. The van der Waals surface area contributed by atoms with Gasteiger partial charge in [-0.25, -0.2) is 0 Å². The number of amides is 1. The number of hydrogen-bond acceptors (Lipinski definition) is 4. The van der Waals surface area contributed by atoms with Crippen LogP contribution in [0.5, 0.6) is 0 Å². The highest BCUT2D eigenvalue weighted by Crippen LogP contribution is 2.33. The molecule has 128 valence electrons. The fourth-order valence-electron chi connectivity index (χ4n) is 2.66. The Morgan fingerprint density at radius 3 is 2.77 bits per heavy atom. The monoisotopic (exact) mass is 380 g/mol. The number of benzene rings is 2. The largest absolute Gasteiger partial charge is 0.283 e. The summed E-state index contributed by atoms with van der Waals surface area (Å²) >= 11 is 7.47. The van der Waals surface area contributed by atoms with E-state index in [1.54, 1.807) is 12.1 Å². The van der Waals surface area contributed by atoms with Crippen LogP contribution >= 0.6 is 23.4 Å². The van der Waals surface area contributed by atoms with Gasteiger partial charge in [0.2, 0.25) is 5.17 Å². The molecule has 0 saturated heterocycles. The number of aryl methyl sites for hydroxylation is 1. The number of carbonyl (C=O) groups excluding carboxylic acids is 1. The summed E-state index contributed by atoms with van der Waals surface area (Å²) in [5.41, 5.74) is 2.89. The molecule has 5 nitrogen and oxygen atoms in total. The minimum Gasteiger partial charge on any atom is -0.282 e. The van der Waals surface area contributed by atoms with E-state index in [1.165, 1.54) is 16.8 Å². The maximum atomic E-state index is 12.4. The molecule has 2 aromatic rings. The second kappa shape index (κ2) is 6.55. The third kappa shape index (κ3) is 2.98. The first kappa shape index (κ1) is 16.8. The molecule has 0 radical (unpaired) electrons. The molecule has 26 heavy (non-hydrogen) atoms. The fourth-order valence-corrected chi connectivity index (χ4v) is 3.87. The van der Waals surface area contributed by atoms with Gasteiger partial charge in [0.25, 0.3) is 5.91 Å². The SMILES string of the molecule is Cc1cccc(C=C2C(=N)N3N=C(c4ccccc4Cl)SC3=NC2=O)c1. The van der Waals surface area contributed by atoms with Gasteiger partial charge in [-0.15, -0.1) is 0 Å². The van der Waals surface area contributed by atoms with Gasteiger partial charge in [-0.05, 0) is 36.4 Å². The van der Waals surface area contributed by atoms with Gasteiger partial charge in [-0.1, -0.05) is 59.6 Å². The number of halogens is 1. The third-order valence-electron chi connectivity index (χ3n) is 3.91. The number of carbonyl (C=O) groups is 1. The average Bonchev–Trinajstić information content (AvgIpc) is 3.03. The number of amidine groups is 2. The first-order valence-electron chi connectivity index (χ1n) is 7.85. The quantitative estimate of drug-likeness (QED) is 0.789. The number of fused-ring (bicyclic) bond motifs is 1. The van der Waals surface area contributed by atoms with Crippen LogP contribution in [0.2, 0.25) is 5.02 Å². The zero-order valence-corrected chi connectivity index (χ0v) is 15.3. The summed E-state index contributed by atoms with van der Waals surface area (Å²) in [7, 11) is 0. The molecule has 2 heterocycles. The Labute approximate surface area is 159 Å². The summed E-state index contributed by atoms with van der Waals surface area (Å²) in [5, 5.41) is 15.8. The van der Waals surface area contributed by atoms with Crippen LogP contribution in [0.1, 0.15) is 16.7 Å². The van der Waals surface area contributed by atoms with Crippen molar-refractivity contribution < 1.29 is 4.79 Å². The first-order valence-corrected chi connectivity index (χ1v) is 9.04. The van der Waals surface area contributed by atoms with Gasteiger partial charge in [-0.2, -0.15) is 15.1 Å². The summed E-state index contributed by atoms with van der Waals surface area (Å²) in [4.78, 5) is 16.5. The first-order chi connectivity index (χ1) is 12.5. The van der Waals surface area contributed by atoms with Crippen molar-refractivity contribution in [1.82, 2.24) is 5.01 Å². The number of hydrazone groups is 1. The molecule has 0 aromatic heterocycles. The number of hydrogen-bond donors (Lipinski definition) is 1. The zero-order chi connectivity index (χ0) is 18.3. The lowest BCUT2D eigenvalue weighted by Gasteiger charge is -2.20. The summed E-state index contributed by atoms with van der Waals surface area (Å²) in [6.07, 6.45) is 1.67. The van der Waals surface area contributed by atoms with Crippen LogP contribution in [-0.2, 0) is 4.79 Å². The second-order valence-corrected chi connectivity index (χ2v) is 7.18. The van der Waals surface area contributed by atoms with E-state index in [9.17, 15) is 4.79 Å². The minimum absolute atomic E-state index is 0.0102. The maximum Gasteiger partial charge on any atom is 0.283 e. The Bertz CT molecular complexity index is 1040. The lowest BCUT2D eigenvalue weighted by molar-refractivity contribution is -0.114. The van der Waals surface area contributed by atoms with E-state index in [2.05, 4.69) is 10.1 Å². The number of nitrogens with zero attached hydrogens (tertiary/aromatic N) is 3. The van der Waals surface area contributed by atoms with E-state index >= 15 is 0 Å². The van der Waals surface area contributed by atoms with Crippen LogP contribution in [0.25, 0.3) is 6.08 Å². The molecule has 2 aromatic carbocycles. The summed E-state index contributed by atoms with van der Waals surface area (Å²) < 4.78 is 0. The van der Waals surface area contributed by atoms with Crippen molar-refractivity contribution in [1.29, 1.82) is 5.41 Å². The van der Waals surface area contributed by atoms with E-state index < -0.39 is 5.91 Å². The molecule has 1 amide bonds. The highest BCUT2D eigenvalue weighted by atomic mass is 35.5. The third-order valence-corrected chi connectivity index (χ3v) is 5.18. The standard InChI is InChI=1S/C19H13ClN4OS/c1-11-5-4-6-12(9-11)10-14-16(21)24-19(22-17(14)25)26-18(23-24)13-7-2-3-8-15(13)20/h2-10,21H,1H3. The van der Waals surface area contributed by atoms with Crippen LogP contribution in [0, 0.1) is 12.3 Å². The fraction of sp³-hybridized carbons (Fsp3) is 0.0526. The van der Waals surface area contributed by atoms with Gasteiger partial charge in [0, 0.05) is 5.56 Å². The highest BCUT2D eigenvalue weighted by Gasteiger charge is 2.36. The van der Waals surface area contributed by atoms with Gasteiger partial charge in [-0.3, -0.25) is 10.2 Å². The lowest BCUT2D eigenvalue weighted by Crippen LogP contribution is -2.35. The molecule has 0 spiro atoms. The molecule has 2 aliphatic rings. The molecule has 0 fully saturated rings. The van der Waals surface area contributed by atoms with Crippen molar-refractivity contribution >= 4 is 51.4 Å². The van der Waals surface area contributed by atoms with Gasteiger partial charge < -0.3 is 0 Å². The van der Waals surface area contributed by atoms with E-state index in [0.29, 0.717) is 15.2 Å². The molecule has 0 aliphatic carbocycles. The molecule has 0 unspecified atom stereocenters. The van der Waals surface area contributed by atoms with Crippen LogP contribution in [-0.4, -0.2) is 27.0 Å². The van der Waals surface area contributed by atoms with E-state index in [4.69, 9.17) is 17.0 Å². The minimum atomic E-state index is -0.439. The Balaban J connectivity index is 1.72. The van der Waals surface area contributed by atoms with Gasteiger partial charge >= 0.3 is 0 Å². The molecule has 0 saturated carbocycles. The van der Waals surface area contributed by atoms with Gasteiger partial charge in [0.15, 0.2) is 5.84 Å². The molecular formula is C19H13ClN4OS. The summed E-state index contributed by atoms with van der Waals surface area (Å²) in [6.45, 7) is 1.98. The van der Waals surface area contributed by atoms with Crippen molar-refractivity contribution in [3.8, 4) is 0 Å². The molecule has 0 atom stereocenters. The molecule has 4 rings (SSSR count). The topological polar surface area (TPSA) is 68.9 Å². The molecule has 0 bridgehead atoms. The van der Waals surface area contributed by atoms with E-state index in [0.717, 1.165) is 16.7 Å². The molecule has 2 aliphatic heterocycles. The number of rotatable bonds is 2. The summed E-state index contributed by atoms with van der Waals surface area (Å²) in [6, 6.07) is 15.0. The second-order valence-electron chi connectivity index (χ2n) is 5.82. The highest BCUT2D eigenvalue weighted by molar-refractivity contribution is 8.27. The van der Waals surface area contributed by atoms with Crippen molar-refractivity contribution in [3.05, 3.63) is 75.8 Å². The zero-order valence-electron chi connectivity index (χ0n) is 13.7. The van der Waals surface area contributed by atoms with Crippen molar-refractivity contribution in [2.75, 3.05) is 0 Å². The Morgan fingerprint density at radius 2 is 2.00 bits per heavy atom. The van der Waals surface area contributed by atoms with Crippen LogP contribution in [0.3, 0.4) is 0 Å². The molecule has 1 N–H and O–H groups in total. The lowest BCUT2D eigenvalue weighted by atomic mass is 10.1. The van der Waals surface area contributed by atoms with Crippen LogP contribution in [0.15, 0.2) is 64.2 Å². The Morgan fingerprint density at radius 1 is 1.19 bits per heavy atom. The predicted octanol–water partition coefficient (Wildman–Crippen LogP) is 4.32. The van der Waals surface area contributed by atoms with Crippen molar-refractivity contribution in [2.24, 2.45) is 10.1 Å². The Kier molecular flexibility index (Phi) is 4.22. The maximum absolute atomic E-state index is 12.4.